The molecule has 0 aliphatic heterocycles. The van der Waals surface area contributed by atoms with Gasteiger partial charge in [0, 0.05) is 53.9 Å². The molecule has 228 valence electrons. The number of hydrogen-bond acceptors (Lipinski definition) is 0. The third kappa shape index (κ3) is 2.76. The molecular weight excluding hydrogens is 605 g/mol. The summed E-state index contributed by atoms with van der Waals surface area (Å²) in [4.78, 5) is 0. The number of hydrogen-bond donors (Lipinski definition) is 0. The molecule has 0 saturated heterocycles. The number of aromatic nitrogens is 2. The highest BCUT2D eigenvalue weighted by Crippen LogP contribution is 2.52. The van der Waals surface area contributed by atoms with Crippen molar-refractivity contribution in [1.82, 2.24) is 8.80 Å². The van der Waals surface area contributed by atoms with Crippen molar-refractivity contribution in [2.45, 2.75) is 0 Å². The highest BCUT2D eigenvalue weighted by molar-refractivity contribution is 6.46. The van der Waals surface area contributed by atoms with Crippen molar-refractivity contribution in [3.8, 4) is 0 Å². The highest BCUT2D eigenvalue weighted by atomic mass is 15.0. The summed E-state index contributed by atoms with van der Waals surface area (Å²) in [6.07, 6.45) is 0. The summed E-state index contributed by atoms with van der Waals surface area (Å²) in [7, 11) is 0. The quantitative estimate of drug-likeness (QED) is 0.158. The van der Waals surface area contributed by atoms with Gasteiger partial charge in [0.25, 0.3) is 0 Å². The van der Waals surface area contributed by atoms with Crippen LogP contribution in [0.4, 0.5) is 0 Å². The van der Waals surface area contributed by atoms with Crippen LogP contribution in [0.15, 0.2) is 158 Å². The summed E-state index contributed by atoms with van der Waals surface area (Å²) in [6.45, 7) is 0. The van der Waals surface area contributed by atoms with Gasteiger partial charge < -0.3 is 8.80 Å². The predicted octanol–water partition coefficient (Wildman–Crippen LogP) is 13.2. The summed E-state index contributed by atoms with van der Waals surface area (Å²) in [5.41, 5.74) is 7.68. The van der Waals surface area contributed by atoms with Crippen LogP contribution in [0.2, 0.25) is 0 Å². The third-order valence-electron chi connectivity index (χ3n) is 11.7. The first-order valence-corrected chi connectivity index (χ1v) is 17.5. The summed E-state index contributed by atoms with van der Waals surface area (Å²) in [5, 5.41) is 20.8. The smallest absolute Gasteiger partial charge is 0.0796 e. The van der Waals surface area contributed by atoms with Crippen LogP contribution < -0.4 is 0 Å². The third-order valence-corrected chi connectivity index (χ3v) is 11.7. The molecule has 4 aromatic heterocycles. The van der Waals surface area contributed by atoms with Crippen molar-refractivity contribution in [2.24, 2.45) is 0 Å². The molecule has 0 aliphatic carbocycles. The maximum absolute atomic E-state index is 2.60. The summed E-state index contributed by atoms with van der Waals surface area (Å²) in [5.74, 6) is 0. The maximum atomic E-state index is 2.60. The van der Waals surface area contributed by atoms with Gasteiger partial charge in [-0.05, 0) is 44.5 Å². The highest BCUT2D eigenvalue weighted by Gasteiger charge is 2.28. The number of nitrogens with zero attached hydrogens (tertiary/aromatic N) is 2. The van der Waals surface area contributed by atoms with E-state index in [0.29, 0.717) is 0 Å². The normalized spacial score (nSPS) is 12.8. The Hall–Kier alpha value is -6.64. The fraction of sp³-hybridized carbons (Fsp3) is 0. The second-order valence-electron chi connectivity index (χ2n) is 13.9. The first-order valence-electron chi connectivity index (χ1n) is 17.5. The molecule has 13 rings (SSSR count). The lowest BCUT2D eigenvalue weighted by Gasteiger charge is -2.14. The van der Waals surface area contributed by atoms with E-state index in [-0.39, 0.29) is 0 Å². The predicted molar refractivity (Wildman–Crippen MR) is 215 cm³/mol. The Morgan fingerprint density at radius 2 is 0.500 bits per heavy atom. The number of para-hydroxylation sites is 4. The first kappa shape index (κ1) is 25.4. The van der Waals surface area contributed by atoms with Gasteiger partial charge in [-0.2, -0.15) is 0 Å². The van der Waals surface area contributed by atoms with E-state index in [1.54, 1.807) is 0 Å². The van der Waals surface area contributed by atoms with Crippen molar-refractivity contribution < 1.29 is 0 Å². The van der Waals surface area contributed by atoms with E-state index in [4.69, 9.17) is 0 Å². The van der Waals surface area contributed by atoms with Crippen LogP contribution in [-0.4, -0.2) is 8.80 Å². The van der Waals surface area contributed by atoms with Crippen molar-refractivity contribution >= 4 is 119 Å². The molecule has 13 aromatic rings. The molecule has 0 N–H and O–H groups in total. The van der Waals surface area contributed by atoms with Gasteiger partial charge in [0.05, 0.1) is 33.1 Å². The molecule has 0 fully saturated rings. The molecule has 50 heavy (non-hydrogen) atoms. The van der Waals surface area contributed by atoms with Gasteiger partial charge in [0.15, 0.2) is 0 Å². The van der Waals surface area contributed by atoms with Crippen molar-refractivity contribution in [3.63, 3.8) is 0 Å². The van der Waals surface area contributed by atoms with Crippen LogP contribution in [0.3, 0.4) is 0 Å². The Labute approximate surface area is 284 Å². The molecule has 0 saturated carbocycles. The maximum Gasteiger partial charge on any atom is 0.0796 e. The Kier molecular flexibility index (Phi) is 4.41. The topological polar surface area (TPSA) is 8.82 Å². The van der Waals surface area contributed by atoms with Crippen molar-refractivity contribution in [2.75, 3.05) is 0 Å². The lowest BCUT2D eigenvalue weighted by Crippen LogP contribution is -1.90. The van der Waals surface area contributed by atoms with Gasteiger partial charge in [0.1, 0.15) is 0 Å². The van der Waals surface area contributed by atoms with Crippen LogP contribution in [0.1, 0.15) is 0 Å². The minimum absolute atomic E-state index is 1.25. The first-order chi connectivity index (χ1) is 24.9. The summed E-state index contributed by atoms with van der Waals surface area (Å²) >= 11 is 0. The van der Waals surface area contributed by atoms with E-state index < -0.39 is 0 Å². The minimum Gasteiger partial charge on any atom is -0.306 e. The molecule has 0 bridgehead atoms. The van der Waals surface area contributed by atoms with Gasteiger partial charge >= 0.3 is 0 Å². The van der Waals surface area contributed by atoms with Gasteiger partial charge in [-0.1, -0.05) is 146 Å². The second-order valence-corrected chi connectivity index (χ2v) is 13.9. The Bertz CT molecular complexity index is 3410. The molecule has 2 nitrogen and oxygen atoms in total. The monoisotopic (exact) mass is 630 g/mol. The molecule has 0 spiro atoms. The van der Waals surface area contributed by atoms with Crippen LogP contribution >= 0.6 is 0 Å². The van der Waals surface area contributed by atoms with Gasteiger partial charge in [-0.25, -0.2) is 0 Å². The largest absolute Gasteiger partial charge is 0.306 e. The van der Waals surface area contributed by atoms with E-state index >= 15 is 0 Å². The van der Waals surface area contributed by atoms with E-state index in [9.17, 15) is 0 Å². The molecule has 0 amide bonds. The Morgan fingerprint density at radius 3 is 0.920 bits per heavy atom. The van der Waals surface area contributed by atoms with E-state index in [0.717, 1.165) is 0 Å². The van der Waals surface area contributed by atoms with Crippen LogP contribution in [0, 0.1) is 0 Å². The fourth-order valence-corrected chi connectivity index (χ4v) is 9.95. The zero-order chi connectivity index (χ0) is 32.2. The molecule has 0 aliphatic rings. The average Bonchev–Trinajstić information content (AvgIpc) is 3.91. The SMILES string of the molecule is c1ccc2c(c1)c1ccccc1c1c(c3ccccc23)c2c3cccc4c5ccccc5n(c43)c2c2c1c1cccc3c4ccccc4n2c31. The zero-order valence-corrected chi connectivity index (χ0v) is 26.9. The molecule has 0 radical (unpaired) electrons. The van der Waals surface area contributed by atoms with Gasteiger partial charge in [-0.3, -0.25) is 0 Å². The number of rotatable bonds is 0. The number of fused-ring (bicyclic) bond motifs is 23. The Balaban J connectivity index is 1.55. The summed E-state index contributed by atoms with van der Waals surface area (Å²) in [6, 6.07) is 59.0. The standard InChI is InChI=1S/C48H26N2/c1-2-14-28-27(13-1)29-15-3-5-19-33(29)41-42(34-20-6-4-16-30(28)34)44-38-24-12-22-36-32-18-8-10-26-40(32)50(46(36)38)48(44)47-43(41)37-23-11-21-35-31-17-7-9-25-39(31)49(47)45(35)37/h1-26H. The molecule has 4 heterocycles. The van der Waals surface area contributed by atoms with Gasteiger partial charge in [-0.15, -0.1) is 0 Å². The zero-order valence-electron chi connectivity index (χ0n) is 26.9. The molecule has 9 aromatic carbocycles. The van der Waals surface area contributed by atoms with Crippen LogP contribution in [-0.2, 0) is 0 Å². The number of benzene rings is 8. The fourth-order valence-electron chi connectivity index (χ4n) is 9.95. The lowest BCUT2D eigenvalue weighted by atomic mass is 9.89. The van der Waals surface area contributed by atoms with E-state index in [2.05, 4.69) is 167 Å². The molecule has 0 atom stereocenters. The summed E-state index contributed by atoms with van der Waals surface area (Å²) < 4.78 is 5.20. The van der Waals surface area contributed by atoms with Gasteiger partial charge in [0.2, 0.25) is 0 Å². The molecule has 2 heteroatoms. The second kappa shape index (κ2) is 8.68. The van der Waals surface area contributed by atoms with Crippen LogP contribution in [0.5, 0.6) is 0 Å². The molecular formula is C48H26N2. The van der Waals surface area contributed by atoms with E-state index in [1.807, 2.05) is 0 Å². The molecule has 0 unspecified atom stereocenters. The van der Waals surface area contributed by atoms with Crippen LogP contribution in [0.25, 0.3) is 119 Å². The minimum atomic E-state index is 1.25. The Morgan fingerprint density at radius 1 is 0.200 bits per heavy atom. The van der Waals surface area contributed by atoms with Crippen molar-refractivity contribution in [3.05, 3.63) is 158 Å². The van der Waals surface area contributed by atoms with Crippen molar-refractivity contribution in [1.29, 1.82) is 0 Å². The average molecular weight is 631 g/mol. The lowest BCUT2D eigenvalue weighted by molar-refractivity contribution is 1.33. The van der Waals surface area contributed by atoms with E-state index in [1.165, 1.54) is 119 Å².